The third kappa shape index (κ3) is 9.26. The molecule has 1 aliphatic heterocycles. The Kier molecular flexibility index (Phi) is 11.4. The van der Waals surface area contributed by atoms with Gasteiger partial charge in [0.1, 0.15) is 5.75 Å². The highest BCUT2D eigenvalue weighted by Gasteiger charge is 2.32. The van der Waals surface area contributed by atoms with Crippen molar-refractivity contribution in [1.82, 2.24) is 14.5 Å². The molecular weight excluding hydrogens is 538 g/mol. The van der Waals surface area contributed by atoms with Gasteiger partial charge in [0.05, 0.1) is 23.6 Å². The topological polar surface area (TPSA) is 138 Å². The van der Waals surface area contributed by atoms with E-state index in [1.165, 1.54) is 22.5 Å². The van der Waals surface area contributed by atoms with Gasteiger partial charge in [-0.3, -0.25) is 0 Å². The largest absolute Gasteiger partial charge is 0.494 e. The minimum Gasteiger partial charge on any atom is -0.494 e. The Morgan fingerprint density at radius 3 is 2.40 bits per heavy atom. The zero-order valence-electron chi connectivity index (χ0n) is 23.6. The number of nitrogens with one attached hydrogen (secondary N) is 1. The summed E-state index contributed by atoms with van der Waals surface area (Å²) in [6.07, 6.45) is -0.499. The van der Waals surface area contributed by atoms with Crippen LogP contribution in [0.1, 0.15) is 32.3 Å². The van der Waals surface area contributed by atoms with Gasteiger partial charge in [0.25, 0.3) is 0 Å². The number of rotatable bonds is 16. The summed E-state index contributed by atoms with van der Waals surface area (Å²) in [4.78, 5) is 13.7. The normalized spacial score (nSPS) is 14.5. The third-order valence-corrected chi connectivity index (χ3v) is 8.19. The zero-order valence-corrected chi connectivity index (χ0v) is 24.4. The third-order valence-electron chi connectivity index (χ3n) is 6.36. The molecule has 2 aromatic rings. The molecule has 1 aliphatic rings. The average Bonchev–Trinajstić information content (AvgIpc) is 3.36. The Labute approximate surface area is 236 Å². The molecule has 12 heteroatoms. The van der Waals surface area contributed by atoms with E-state index < -0.39 is 28.3 Å². The first kappa shape index (κ1) is 31.5. The van der Waals surface area contributed by atoms with Gasteiger partial charge in [-0.1, -0.05) is 26.0 Å². The maximum absolute atomic E-state index is 13.6. The maximum Gasteiger partial charge on any atom is 0.404 e. The Bertz CT molecular complexity index is 1200. The lowest BCUT2D eigenvalue weighted by atomic mass is 10.0. The van der Waals surface area contributed by atoms with Crippen LogP contribution in [-0.2, 0) is 16.4 Å². The van der Waals surface area contributed by atoms with Crippen molar-refractivity contribution in [3.8, 4) is 17.2 Å². The van der Waals surface area contributed by atoms with Gasteiger partial charge >= 0.3 is 6.09 Å². The van der Waals surface area contributed by atoms with Crippen LogP contribution in [-0.4, -0.2) is 93.2 Å². The number of hydrogen-bond donors (Lipinski definition) is 3. The van der Waals surface area contributed by atoms with Crippen LogP contribution in [0.25, 0.3) is 0 Å². The molecule has 0 radical (unpaired) electrons. The summed E-state index contributed by atoms with van der Waals surface area (Å²) in [6.45, 7) is 5.18. The van der Waals surface area contributed by atoms with Crippen LogP contribution in [0, 0.1) is 5.92 Å². The number of ether oxygens (including phenoxy) is 3. The lowest BCUT2D eigenvalue weighted by molar-refractivity contribution is 0.0980. The fourth-order valence-electron chi connectivity index (χ4n) is 4.34. The molecule has 0 saturated carbocycles. The Morgan fingerprint density at radius 2 is 1.75 bits per heavy atom. The van der Waals surface area contributed by atoms with Gasteiger partial charge in [0.2, 0.25) is 16.8 Å². The van der Waals surface area contributed by atoms with Crippen LogP contribution in [0.3, 0.4) is 0 Å². The first-order valence-corrected chi connectivity index (χ1v) is 14.8. The molecule has 40 heavy (non-hydrogen) atoms. The highest BCUT2D eigenvalue weighted by molar-refractivity contribution is 7.89. The minimum absolute atomic E-state index is 0.00430. The maximum atomic E-state index is 13.6. The van der Waals surface area contributed by atoms with Crippen molar-refractivity contribution in [2.45, 2.75) is 50.2 Å². The van der Waals surface area contributed by atoms with Crippen molar-refractivity contribution in [2.75, 3.05) is 47.1 Å². The molecule has 3 rings (SSSR count). The van der Waals surface area contributed by atoms with E-state index in [4.69, 9.17) is 14.2 Å². The first-order chi connectivity index (χ1) is 19.0. The predicted molar refractivity (Wildman–Crippen MR) is 151 cm³/mol. The van der Waals surface area contributed by atoms with Gasteiger partial charge < -0.3 is 34.6 Å². The summed E-state index contributed by atoms with van der Waals surface area (Å²) < 4.78 is 44.7. The number of unbranched alkanes of at least 4 members (excludes halogenated alkanes) is 1. The molecule has 0 bridgehead atoms. The van der Waals surface area contributed by atoms with Crippen molar-refractivity contribution in [1.29, 1.82) is 0 Å². The number of carbonyl (C=O) groups is 1. The summed E-state index contributed by atoms with van der Waals surface area (Å²) in [5.74, 6) is 1.45. The fraction of sp³-hybridized carbons (Fsp3) is 0.536. The molecule has 1 heterocycles. The SMILES string of the molecule is CC(C)CN(C[C@@H](O)[C@H](Cc1ccc(OCCCCN(C)C)cc1)NC(=O)O)S(=O)(=O)c1ccc2c(c1)OCO2. The molecule has 3 N–H and O–H groups in total. The van der Waals surface area contributed by atoms with Crippen molar-refractivity contribution in [3.63, 3.8) is 0 Å². The number of fused-ring (bicyclic) bond motifs is 1. The molecule has 2 aromatic carbocycles. The second kappa shape index (κ2) is 14.5. The van der Waals surface area contributed by atoms with Gasteiger partial charge in [0, 0.05) is 19.2 Å². The van der Waals surface area contributed by atoms with Crippen LogP contribution in [0.5, 0.6) is 17.2 Å². The Balaban J connectivity index is 1.69. The van der Waals surface area contributed by atoms with Crippen molar-refractivity contribution >= 4 is 16.1 Å². The Morgan fingerprint density at radius 1 is 1.05 bits per heavy atom. The van der Waals surface area contributed by atoms with Gasteiger partial charge in [-0.2, -0.15) is 4.31 Å². The van der Waals surface area contributed by atoms with E-state index in [-0.39, 0.29) is 37.1 Å². The van der Waals surface area contributed by atoms with Crippen molar-refractivity contribution in [2.24, 2.45) is 5.92 Å². The van der Waals surface area contributed by atoms with Crippen LogP contribution >= 0.6 is 0 Å². The molecule has 0 fully saturated rings. The fourth-order valence-corrected chi connectivity index (χ4v) is 5.98. The van der Waals surface area contributed by atoms with E-state index in [2.05, 4.69) is 10.2 Å². The molecule has 0 unspecified atom stereocenters. The highest BCUT2D eigenvalue weighted by atomic mass is 32.2. The molecule has 1 amide bonds. The van der Waals surface area contributed by atoms with Crippen molar-refractivity contribution in [3.05, 3.63) is 48.0 Å². The number of amides is 1. The van der Waals surface area contributed by atoms with Gasteiger partial charge in [-0.05, 0) is 75.6 Å². The number of sulfonamides is 1. The quantitative estimate of drug-likeness (QED) is 0.256. The highest BCUT2D eigenvalue weighted by Crippen LogP contribution is 2.35. The molecule has 2 atom stereocenters. The Hall–Kier alpha value is -3.06. The lowest BCUT2D eigenvalue weighted by Gasteiger charge is -2.30. The lowest BCUT2D eigenvalue weighted by Crippen LogP contribution is -2.50. The number of aliphatic hydroxyl groups excluding tert-OH is 1. The average molecular weight is 580 g/mol. The summed E-state index contributed by atoms with van der Waals surface area (Å²) in [6, 6.07) is 10.7. The van der Waals surface area contributed by atoms with Crippen LogP contribution in [0.2, 0.25) is 0 Å². The monoisotopic (exact) mass is 579 g/mol. The summed E-state index contributed by atoms with van der Waals surface area (Å²) >= 11 is 0. The molecule has 0 aliphatic carbocycles. The van der Waals surface area contributed by atoms with Gasteiger partial charge in [0.15, 0.2) is 11.5 Å². The molecule has 0 spiro atoms. The van der Waals surface area contributed by atoms with E-state index in [1.807, 2.05) is 40.1 Å². The van der Waals surface area contributed by atoms with E-state index in [0.29, 0.717) is 23.9 Å². The molecule has 0 aromatic heterocycles. The molecule has 11 nitrogen and oxygen atoms in total. The van der Waals surface area contributed by atoms with E-state index in [1.54, 1.807) is 12.1 Å². The smallest absolute Gasteiger partial charge is 0.404 e. The van der Waals surface area contributed by atoms with Crippen molar-refractivity contribution < 1.29 is 37.6 Å². The van der Waals surface area contributed by atoms with Gasteiger partial charge in [-0.15, -0.1) is 0 Å². The molecule has 0 saturated heterocycles. The van der Waals surface area contributed by atoms with Crippen LogP contribution < -0.4 is 19.5 Å². The zero-order chi connectivity index (χ0) is 29.3. The summed E-state index contributed by atoms with van der Waals surface area (Å²) in [7, 11) is 0.0339. The van der Waals surface area contributed by atoms with E-state index in [9.17, 15) is 23.4 Å². The predicted octanol–water partition coefficient (Wildman–Crippen LogP) is 3.02. The van der Waals surface area contributed by atoms with Gasteiger partial charge in [-0.25, -0.2) is 13.2 Å². The van der Waals surface area contributed by atoms with E-state index >= 15 is 0 Å². The first-order valence-electron chi connectivity index (χ1n) is 13.4. The summed E-state index contributed by atoms with van der Waals surface area (Å²) in [5, 5.41) is 22.9. The number of aliphatic hydroxyl groups is 1. The molecule has 222 valence electrons. The molecular formula is C28H41N3O8S. The number of hydrogen-bond acceptors (Lipinski definition) is 8. The standard InChI is InChI=1S/C28H41N3O8S/c1-20(2)17-31(40(35,36)23-11-12-26-27(16-23)39-19-38-26)18-25(32)24(29-28(33)34)15-21-7-9-22(10-8-21)37-14-6-5-13-30(3)4/h7-12,16,20,24-25,29,32H,5-6,13-15,17-19H2,1-4H3,(H,33,34)/t24-,25+/m0/s1. The second-order valence-electron chi connectivity index (χ2n) is 10.6. The second-order valence-corrected chi connectivity index (χ2v) is 12.5. The van der Waals surface area contributed by atoms with Crippen LogP contribution in [0.15, 0.2) is 47.4 Å². The number of nitrogens with zero attached hydrogens (tertiary/aromatic N) is 2. The summed E-state index contributed by atoms with van der Waals surface area (Å²) in [5.41, 5.74) is 0.770. The van der Waals surface area contributed by atoms with Crippen LogP contribution in [0.4, 0.5) is 4.79 Å². The van der Waals surface area contributed by atoms with E-state index in [0.717, 1.165) is 24.9 Å². The number of carboxylic acid groups (broad SMARTS) is 1. The number of benzene rings is 2. The minimum atomic E-state index is -4.03.